The molecule has 4 rings (SSSR count). The zero-order valence-corrected chi connectivity index (χ0v) is 18.1. The Morgan fingerprint density at radius 2 is 1.77 bits per heavy atom. The smallest absolute Gasteiger partial charge is 0.325 e. The van der Waals surface area contributed by atoms with Gasteiger partial charge >= 0.3 is 6.03 Å². The molecule has 2 N–H and O–H groups in total. The molecule has 3 aliphatic rings. The van der Waals surface area contributed by atoms with E-state index in [0.29, 0.717) is 19.4 Å². The molecular weight excluding hydrogens is 404 g/mol. The standard InChI is InChI=1S/C22H30N4O3.ClH/c27-19-7-4-14-25(19)15-16-26-20(28)22(24-21(26)29,18-9-12-23-13-10-18)11-8-17-5-2-1-3-6-17;/h1-3,5-6,18,23H,4,7-16H2,(H,24,29);1H. The lowest BCUT2D eigenvalue weighted by Crippen LogP contribution is -2.56. The summed E-state index contributed by atoms with van der Waals surface area (Å²) in [7, 11) is 0. The highest BCUT2D eigenvalue weighted by Crippen LogP contribution is 2.36. The van der Waals surface area contributed by atoms with Crippen molar-refractivity contribution in [1.82, 2.24) is 20.4 Å². The minimum absolute atomic E-state index is 0. The summed E-state index contributed by atoms with van der Waals surface area (Å²) in [6, 6.07) is 9.80. The fourth-order valence-electron chi connectivity index (χ4n) is 4.96. The van der Waals surface area contributed by atoms with Gasteiger partial charge in [-0.15, -0.1) is 12.4 Å². The summed E-state index contributed by atoms with van der Waals surface area (Å²) in [5.74, 6) is 0.130. The number of piperidine rings is 1. The molecule has 0 saturated carbocycles. The Labute approximate surface area is 184 Å². The first kappa shape index (κ1) is 22.6. The summed E-state index contributed by atoms with van der Waals surface area (Å²) in [6.07, 6.45) is 4.52. The number of carbonyl (C=O) groups is 3. The number of rotatable bonds is 7. The van der Waals surface area contributed by atoms with E-state index in [4.69, 9.17) is 0 Å². The van der Waals surface area contributed by atoms with Gasteiger partial charge in [0, 0.05) is 26.1 Å². The van der Waals surface area contributed by atoms with E-state index in [9.17, 15) is 14.4 Å². The van der Waals surface area contributed by atoms with E-state index < -0.39 is 5.54 Å². The monoisotopic (exact) mass is 434 g/mol. The molecule has 8 heteroatoms. The van der Waals surface area contributed by atoms with Gasteiger partial charge in [-0.2, -0.15) is 0 Å². The van der Waals surface area contributed by atoms with Crippen LogP contribution < -0.4 is 10.6 Å². The Balaban J connectivity index is 0.00000256. The first-order valence-corrected chi connectivity index (χ1v) is 10.8. The first-order valence-electron chi connectivity index (χ1n) is 10.8. The molecule has 3 saturated heterocycles. The number of urea groups is 1. The van der Waals surface area contributed by atoms with Crippen LogP contribution in [0, 0.1) is 5.92 Å². The highest BCUT2D eigenvalue weighted by Gasteiger charge is 2.55. The van der Waals surface area contributed by atoms with Crippen molar-refractivity contribution in [2.75, 3.05) is 32.7 Å². The van der Waals surface area contributed by atoms with E-state index in [0.717, 1.165) is 45.3 Å². The van der Waals surface area contributed by atoms with Crippen molar-refractivity contribution >= 4 is 30.3 Å². The van der Waals surface area contributed by atoms with E-state index in [1.165, 1.54) is 10.5 Å². The third-order valence-corrected chi connectivity index (χ3v) is 6.65. The highest BCUT2D eigenvalue weighted by atomic mass is 35.5. The predicted octanol–water partition coefficient (Wildman–Crippen LogP) is 1.95. The molecule has 30 heavy (non-hydrogen) atoms. The molecular formula is C22H31ClN4O3. The van der Waals surface area contributed by atoms with Crippen LogP contribution in [0.3, 0.4) is 0 Å². The largest absolute Gasteiger partial charge is 0.341 e. The maximum absolute atomic E-state index is 13.6. The van der Waals surface area contributed by atoms with Crippen LogP contribution in [0.25, 0.3) is 0 Å². The molecule has 3 heterocycles. The van der Waals surface area contributed by atoms with Gasteiger partial charge in [0.1, 0.15) is 5.54 Å². The predicted molar refractivity (Wildman–Crippen MR) is 116 cm³/mol. The van der Waals surface area contributed by atoms with Crippen LogP contribution in [0.1, 0.15) is 37.7 Å². The van der Waals surface area contributed by atoms with Crippen LogP contribution in [0.15, 0.2) is 30.3 Å². The van der Waals surface area contributed by atoms with Crippen LogP contribution in [-0.4, -0.2) is 65.9 Å². The molecule has 1 aromatic rings. The number of hydrogen-bond acceptors (Lipinski definition) is 4. The molecule has 0 radical (unpaired) electrons. The second-order valence-corrected chi connectivity index (χ2v) is 8.35. The van der Waals surface area contributed by atoms with E-state index in [1.807, 2.05) is 18.2 Å². The molecule has 164 valence electrons. The first-order chi connectivity index (χ1) is 14.1. The molecule has 3 aliphatic heterocycles. The van der Waals surface area contributed by atoms with Crippen molar-refractivity contribution in [1.29, 1.82) is 0 Å². The maximum Gasteiger partial charge on any atom is 0.325 e. The van der Waals surface area contributed by atoms with Gasteiger partial charge in [-0.3, -0.25) is 14.5 Å². The lowest BCUT2D eigenvalue weighted by Gasteiger charge is -2.38. The van der Waals surface area contributed by atoms with Crippen molar-refractivity contribution in [3.63, 3.8) is 0 Å². The van der Waals surface area contributed by atoms with E-state index in [2.05, 4.69) is 22.8 Å². The topological polar surface area (TPSA) is 81.8 Å². The number of carbonyl (C=O) groups excluding carboxylic acids is 3. The van der Waals surface area contributed by atoms with Gasteiger partial charge < -0.3 is 15.5 Å². The van der Waals surface area contributed by atoms with Gasteiger partial charge in [-0.25, -0.2) is 4.79 Å². The molecule has 3 fully saturated rings. The summed E-state index contributed by atoms with van der Waals surface area (Å²) in [6.45, 7) is 3.15. The van der Waals surface area contributed by atoms with E-state index >= 15 is 0 Å². The molecule has 0 aromatic heterocycles. The summed E-state index contributed by atoms with van der Waals surface area (Å²) >= 11 is 0. The summed E-state index contributed by atoms with van der Waals surface area (Å²) < 4.78 is 0. The molecule has 7 nitrogen and oxygen atoms in total. The number of benzene rings is 1. The highest BCUT2D eigenvalue weighted by molar-refractivity contribution is 6.07. The SMILES string of the molecule is Cl.O=C1CCCN1CCN1C(=O)NC(CCc2ccccc2)(C2CCNCC2)C1=O. The summed E-state index contributed by atoms with van der Waals surface area (Å²) in [5, 5.41) is 6.45. The summed E-state index contributed by atoms with van der Waals surface area (Å²) in [5.41, 5.74) is 0.327. The Bertz CT molecular complexity index is 769. The zero-order chi connectivity index (χ0) is 20.3. The fourth-order valence-corrected chi connectivity index (χ4v) is 4.96. The Morgan fingerprint density at radius 3 is 2.43 bits per heavy atom. The molecule has 1 aromatic carbocycles. The number of nitrogens with one attached hydrogen (secondary N) is 2. The van der Waals surface area contributed by atoms with Gasteiger partial charge in [0.2, 0.25) is 5.91 Å². The van der Waals surface area contributed by atoms with Crippen LogP contribution in [0.4, 0.5) is 4.79 Å². The lowest BCUT2D eigenvalue weighted by atomic mass is 9.74. The van der Waals surface area contributed by atoms with Gasteiger partial charge in [-0.1, -0.05) is 30.3 Å². The van der Waals surface area contributed by atoms with Gasteiger partial charge in [0.15, 0.2) is 0 Å². The summed E-state index contributed by atoms with van der Waals surface area (Å²) in [4.78, 5) is 41.4. The van der Waals surface area contributed by atoms with Crippen LogP contribution >= 0.6 is 12.4 Å². The number of likely N-dealkylation sites (tertiary alicyclic amines) is 1. The molecule has 1 unspecified atom stereocenters. The van der Waals surface area contributed by atoms with Crippen molar-refractivity contribution in [3.05, 3.63) is 35.9 Å². The van der Waals surface area contributed by atoms with Crippen molar-refractivity contribution in [2.45, 2.75) is 44.1 Å². The van der Waals surface area contributed by atoms with Crippen LogP contribution in [-0.2, 0) is 16.0 Å². The fraction of sp³-hybridized carbons (Fsp3) is 0.591. The Hall–Kier alpha value is -2.12. The second-order valence-electron chi connectivity index (χ2n) is 8.35. The third-order valence-electron chi connectivity index (χ3n) is 6.65. The Kier molecular flexibility index (Phi) is 7.36. The molecule has 0 spiro atoms. The number of hydrogen-bond donors (Lipinski definition) is 2. The Morgan fingerprint density at radius 1 is 1.03 bits per heavy atom. The van der Waals surface area contributed by atoms with E-state index in [-0.39, 0.29) is 42.7 Å². The molecule has 0 bridgehead atoms. The normalized spacial score (nSPS) is 24.9. The minimum Gasteiger partial charge on any atom is -0.341 e. The number of halogens is 1. The van der Waals surface area contributed by atoms with Gasteiger partial charge in [-0.05, 0) is 56.7 Å². The number of nitrogens with zero attached hydrogens (tertiary/aromatic N) is 2. The van der Waals surface area contributed by atoms with Crippen molar-refractivity contribution in [2.24, 2.45) is 5.92 Å². The van der Waals surface area contributed by atoms with Gasteiger partial charge in [0.05, 0.1) is 0 Å². The quantitative estimate of drug-likeness (QED) is 0.643. The number of aryl methyl sites for hydroxylation is 1. The second kappa shape index (κ2) is 9.79. The average Bonchev–Trinajstić information content (AvgIpc) is 3.27. The van der Waals surface area contributed by atoms with Crippen molar-refractivity contribution in [3.8, 4) is 0 Å². The van der Waals surface area contributed by atoms with Crippen LogP contribution in [0.5, 0.6) is 0 Å². The lowest BCUT2D eigenvalue weighted by molar-refractivity contribution is -0.135. The average molecular weight is 435 g/mol. The molecule has 0 aliphatic carbocycles. The van der Waals surface area contributed by atoms with E-state index in [1.54, 1.807) is 4.90 Å². The number of imide groups is 1. The molecule has 1 atom stereocenters. The maximum atomic E-state index is 13.6. The third kappa shape index (κ3) is 4.47. The van der Waals surface area contributed by atoms with Crippen LogP contribution in [0.2, 0.25) is 0 Å². The molecule has 4 amide bonds. The number of amides is 4. The minimum atomic E-state index is -0.843. The van der Waals surface area contributed by atoms with Crippen molar-refractivity contribution < 1.29 is 14.4 Å². The zero-order valence-electron chi connectivity index (χ0n) is 17.3. The van der Waals surface area contributed by atoms with Gasteiger partial charge in [0.25, 0.3) is 5.91 Å².